The van der Waals surface area contributed by atoms with Gasteiger partial charge in [-0.05, 0) is 47.5 Å². The van der Waals surface area contributed by atoms with Crippen LogP contribution in [0.3, 0.4) is 0 Å². The topological polar surface area (TPSA) is 141 Å². The first-order chi connectivity index (χ1) is 16.5. The molecule has 1 aliphatic heterocycles. The van der Waals surface area contributed by atoms with E-state index in [1.165, 1.54) is 16.8 Å². The Morgan fingerprint density at radius 3 is 2.33 bits per heavy atom. The zero-order valence-electron chi connectivity index (χ0n) is 20.6. The normalized spacial score (nSPS) is 16.3. The van der Waals surface area contributed by atoms with Crippen LogP contribution in [0.1, 0.15) is 64.6 Å². The first-order valence-electron chi connectivity index (χ1n) is 11.2. The maximum Gasteiger partial charge on any atom is 0.410 e. The average molecular weight is 515 g/mol. The zero-order valence-corrected chi connectivity index (χ0v) is 20.6. The molecule has 3 rings (SSSR count). The van der Waals surface area contributed by atoms with E-state index in [2.05, 4.69) is 15.2 Å². The van der Waals surface area contributed by atoms with Crippen LogP contribution in [0.4, 0.5) is 18.0 Å². The number of hydrogen-bond acceptors (Lipinski definition) is 7. The van der Waals surface area contributed by atoms with Gasteiger partial charge in [-0.25, -0.2) is 9.31 Å². The molecule has 2 aromatic rings. The van der Waals surface area contributed by atoms with E-state index in [1.54, 1.807) is 25.7 Å². The van der Waals surface area contributed by atoms with Crippen LogP contribution in [0.15, 0.2) is 22.2 Å². The number of aromatic amines is 1. The third-order valence-corrected chi connectivity index (χ3v) is 5.96. The van der Waals surface area contributed by atoms with Gasteiger partial charge < -0.3 is 25.1 Å². The van der Waals surface area contributed by atoms with Crippen molar-refractivity contribution in [3.63, 3.8) is 0 Å². The molecule has 1 aliphatic rings. The predicted molar refractivity (Wildman–Crippen MR) is 122 cm³/mol. The molecule has 198 valence electrons. The van der Waals surface area contributed by atoms with Gasteiger partial charge in [0, 0.05) is 25.1 Å². The lowest BCUT2D eigenvalue weighted by Gasteiger charge is -2.33. The highest BCUT2D eigenvalue weighted by Crippen LogP contribution is 2.37. The van der Waals surface area contributed by atoms with Gasteiger partial charge in [-0.2, -0.15) is 18.3 Å². The molecule has 0 radical (unpaired) electrons. The summed E-state index contributed by atoms with van der Waals surface area (Å²) in [5, 5.41) is 18.5. The number of hydrogen-bond donors (Lipinski definition) is 3. The summed E-state index contributed by atoms with van der Waals surface area (Å²) in [5.41, 5.74) is -3.46. The van der Waals surface area contributed by atoms with Crippen molar-refractivity contribution >= 4 is 23.5 Å². The van der Waals surface area contributed by atoms with Crippen molar-refractivity contribution < 1.29 is 32.7 Å². The van der Waals surface area contributed by atoms with E-state index < -0.39 is 40.6 Å². The van der Waals surface area contributed by atoms with E-state index >= 15 is 0 Å². The Kier molecular flexibility index (Phi) is 7.10. The molecule has 1 saturated heterocycles. The van der Waals surface area contributed by atoms with Crippen molar-refractivity contribution in [2.45, 2.75) is 65.2 Å². The summed E-state index contributed by atoms with van der Waals surface area (Å²) < 4.78 is 46.5. The number of fused-ring (bicyclic) bond motifs is 1. The molecular weight excluding hydrogens is 485 g/mol. The fraction of sp³-hybridized carbons (Fsp3) is 0.591. The van der Waals surface area contributed by atoms with Crippen LogP contribution in [-0.4, -0.2) is 67.4 Å². The van der Waals surface area contributed by atoms with Crippen molar-refractivity contribution in [3.8, 4) is 0 Å². The van der Waals surface area contributed by atoms with Crippen LogP contribution in [0.5, 0.6) is 0 Å². The second-order valence-electron chi connectivity index (χ2n) is 10.1. The minimum atomic E-state index is -4.85. The number of rotatable bonds is 3. The molecular formula is C22H29F3N6O5. The molecule has 14 heteroatoms. The molecule has 2 aromatic heterocycles. The number of nitrogens with one attached hydrogen (secondary N) is 2. The number of nitrogens with zero attached hydrogens (tertiary/aromatic N) is 4. The molecule has 36 heavy (non-hydrogen) atoms. The molecule has 0 spiro atoms. The van der Waals surface area contributed by atoms with Crippen molar-refractivity contribution in [2.24, 2.45) is 10.6 Å². The van der Waals surface area contributed by atoms with Crippen LogP contribution < -0.4 is 10.9 Å². The molecule has 1 fully saturated rings. The second-order valence-corrected chi connectivity index (χ2v) is 10.1. The van der Waals surface area contributed by atoms with E-state index in [9.17, 15) is 32.8 Å². The van der Waals surface area contributed by atoms with Crippen molar-refractivity contribution in [2.75, 3.05) is 13.1 Å². The SMILES string of the molecule is CC(C)(C)OC(=O)N1CCC(c2cc(=O)[nH]c3c(/C(=N\O)NC(=O)C(C)(C)C(F)(F)F)cnn23)CC1. The van der Waals surface area contributed by atoms with Crippen LogP contribution >= 0.6 is 0 Å². The summed E-state index contributed by atoms with van der Waals surface area (Å²) in [7, 11) is 0. The maximum atomic E-state index is 13.2. The number of amides is 2. The Morgan fingerprint density at radius 2 is 1.81 bits per heavy atom. The summed E-state index contributed by atoms with van der Waals surface area (Å²) in [6, 6.07) is 1.35. The number of carbonyl (C=O) groups excluding carboxylic acids is 2. The molecule has 0 aromatic carbocycles. The van der Waals surface area contributed by atoms with Gasteiger partial charge in [-0.15, -0.1) is 0 Å². The highest BCUT2D eigenvalue weighted by molar-refractivity contribution is 6.11. The summed E-state index contributed by atoms with van der Waals surface area (Å²) in [5.74, 6) is -2.22. The number of ether oxygens (including phenoxy) is 1. The Morgan fingerprint density at radius 1 is 1.19 bits per heavy atom. The smallest absolute Gasteiger partial charge is 0.410 e. The molecule has 11 nitrogen and oxygen atoms in total. The number of alkyl halides is 3. The molecule has 0 atom stereocenters. The first kappa shape index (κ1) is 27.0. The Bertz CT molecular complexity index is 1230. The maximum absolute atomic E-state index is 13.2. The van der Waals surface area contributed by atoms with Crippen LogP contribution in [0.25, 0.3) is 5.65 Å². The number of piperidine rings is 1. The summed E-state index contributed by atoms with van der Waals surface area (Å²) in [6.07, 6.45) is -3.11. The number of halogens is 3. The zero-order chi connectivity index (χ0) is 27.1. The Labute approximate surface area is 204 Å². The predicted octanol–water partition coefficient (Wildman–Crippen LogP) is 2.98. The van der Waals surface area contributed by atoms with Crippen molar-refractivity contribution in [3.05, 3.63) is 33.9 Å². The average Bonchev–Trinajstić information content (AvgIpc) is 3.18. The molecule has 3 heterocycles. The van der Waals surface area contributed by atoms with E-state index in [4.69, 9.17) is 4.74 Å². The Hall–Kier alpha value is -3.58. The van der Waals surface area contributed by atoms with Gasteiger partial charge in [-0.1, -0.05) is 5.16 Å². The number of likely N-dealkylation sites (tertiary alicyclic amines) is 1. The fourth-order valence-corrected chi connectivity index (χ4v) is 3.70. The van der Waals surface area contributed by atoms with Gasteiger partial charge in [0.15, 0.2) is 5.84 Å². The van der Waals surface area contributed by atoms with Crippen LogP contribution in [-0.2, 0) is 9.53 Å². The van der Waals surface area contributed by atoms with Gasteiger partial charge in [0.25, 0.3) is 5.56 Å². The number of aromatic nitrogens is 3. The second kappa shape index (κ2) is 9.47. The molecule has 0 unspecified atom stereocenters. The lowest BCUT2D eigenvalue weighted by atomic mass is 9.91. The number of carbonyl (C=O) groups is 2. The lowest BCUT2D eigenvalue weighted by molar-refractivity contribution is -0.210. The monoisotopic (exact) mass is 514 g/mol. The van der Waals surface area contributed by atoms with E-state index in [0.717, 1.165) is 0 Å². The summed E-state index contributed by atoms with van der Waals surface area (Å²) >= 11 is 0. The Balaban J connectivity index is 1.86. The highest BCUT2D eigenvalue weighted by atomic mass is 19.4. The van der Waals surface area contributed by atoms with Crippen molar-refractivity contribution in [1.29, 1.82) is 0 Å². The van der Waals surface area contributed by atoms with Crippen molar-refractivity contribution in [1.82, 2.24) is 24.8 Å². The molecule has 0 bridgehead atoms. The van der Waals surface area contributed by atoms with Crippen LogP contribution in [0.2, 0.25) is 0 Å². The molecule has 0 aliphatic carbocycles. The van der Waals surface area contributed by atoms with Gasteiger partial charge in [0.05, 0.1) is 17.5 Å². The highest BCUT2D eigenvalue weighted by Gasteiger charge is 2.53. The quantitative estimate of drug-likeness (QED) is 0.249. The van der Waals surface area contributed by atoms with Gasteiger partial charge in [0.2, 0.25) is 5.91 Å². The van der Waals surface area contributed by atoms with Gasteiger partial charge in [-0.3, -0.25) is 9.59 Å². The van der Waals surface area contributed by atoms with Crippen LogP contribution in [0, 0.1) is 5.41 Å². The first-order valence-corrected chi connectivity index (χ1v) is 11.2. The summed E-state index contributed by atoms with van der Waals surface area (Å²) in [4.78, 5) is 41.2. The van der Waals surface area contributed by atoms with E-state index in [0.29, 0.717) is 45.5 Å². The number of H-pyrrole nitrogens is 1. The third kappa shape index (κ3) is 5.46. The lowest BCUT2D eigenvalue weighted by Crippen LogP contribution is -2.48. The van der Waals surface area contributed by atoms with Gasteiger partial charge >= 0.3 is 12.3 Å². The minimum Gasteiger partial charge on any atom is -0.444 e. The van der Waals surface area contributed by atoms with E-state index in [1.807, 2.05) is 5.32 Å². The summed E-state index contributed by atoms with van der Waals surface area (Å²) in [6.45, 7) is 7.47. The fourth-order valence-electron chi connectivity index (χ4n) is 3.70. The van der Waals surface area contributed by atoms with E-state index in [-0.39, 0.29) is 17.1 Å². The largest absolute Gasteiger partial charge is 0.444 e. The molecule has 0 saturated carbocycles. The third-order valence-electron chi connectivity index (χ3n) is 5.96. The molecule has 2 amide bonds. The number of oxime groups is 1. The standard InChI is InChI=1S/C22H29F3N6O5/c1-20(2,3)36-19(34)30-8-6-12(7-9-30)14-10-15(32)27-17-13(11-26-31(14)17)16(29-35)28-18(33)21(4,5)22(23,24)25/h10-12,35H,6-9H2,1-5H3,(H,27,32)(H,28,29,33). The molecule has 3 N–H and O–H groups in total. The minimum absolute atomic E-state index is 0.0324. The van der Waals surface area contributed by atoms with Gasteiger partial charge in [0.1, 0.15) is 16.7 Å². The number of amidine groups is 1.